The number of aliphatic hydroxyl groups is 1. The highest BCUT2D eigenvalue weighted by Crippen LogP contribution is 2.65. The van der Waals surface area contributed by atoms with Crippen LogP contribution >= 0.6 is 0 Å². The van der Waals surface area contributed by atoms with Gasteiger partial charge in [0.1, 0.15) is 0 Å². The van der Waals surface area contributed by atoms with Crippen LogP contribution in [-0.2, 0) is 4.74 Å². The van der Waals surface area contributed by atoms with Gasteiger partial charge in [0.15, 0.2) is 0 Å². The number of nitriles is 1. The van der Waals surface area contributed by atoms with Crippen molar-refractivity contribution in [3.05, 3.63) is 29.3 Å². The molecule has 0 aliphatic heterocycles. The maximum atomic E-state index is 11.0. The number of nitrogens with zero attached hydrogens (tertiary/aromatic N) is 1. The van der Waals surface area contributed by atoms with Gasteiger partial charge in [-0.25, -0.2) is 0 Å². The fourth-order valence-electron chi connectivity index (χ4n) is 9.47. The number of nitrogens with one attached hydrogen (secondary N) is 1. The monoisotopic (exact) mass is 464 g/mol. The molecule has 0 radical (unpaired) electrons. The second kappa shape index (κ2) is 9.14. The summed E-state index contributed by atoms with van der Waals surface area (Å²) in [7, 11) is 1.72. The number of hydrogen-bond donors (Lipinski definition) is 2. The average Bonchev–Trinajstić information content (AvgIpc) is 3.17. The summed E-state index contributed by atoms with van der Waals surface area (Å²) in [5, 5.41) is 24.1. The van der Waals surface area contributed by atoms with Crippen LogP contribution in [0.1, 0.15) is 82.8 Å². The minimum atomic E-state index is -0.588. The maximum absolute atomic E-state index is 11.0. The van der Waals surface area contributed by atoms with Crippen LogP contribution in [0.25, 0.3) is 0 Å². The van der Waals surface area contributed by atoms with Gasteiger partial charge in [-0.1, -0.05) is 6.92 Å². The van der Waals surface area contributed by atoms with Crippen molar-refractivity contribution in [3.8, 4) is 6.07 Å². The standard InChI is InChI=1S/C30H44N2O2/c1-19-15-21(17-31)5-10-28(19)32-20(2)26-8-9-27-25-7-6-22-16-30(33,18-34-4)14-12-23(22)24(25)11-13-29(26,27)3/h5,10,15,20,22-27,32-33H,6-9,11-14,16,18H2,1-4H3/t20-,22-,23+,24-,25-,26?,27+,29-,30-/m1/s1. The van der Waals surface area contributed by atoms with E-state index in [1.165, 1.54) is 56.2 Å². The van der Waals surface area contributed by atoms with E-state index in [4.69, 9.17) is 4.74 Å². The highest BCUT2D eigenvalue weighted by atomic mass is 16.5. The van der Waals surface area contributed by atoms with Crippen LogP contribution in [0.5, 0.6) is 0 Å². The Labute approximate surface area is 206 Å². The number of ether oxygens (including phenoxy) is 1. The van der Waals surface area contributed by atoms with Crippen molar-refractivity contribution in [2.24, 2.45) is 40.9 Å². The van der Waals surface area contributed by atoms with E-state index in [2.05, 4.69) is 38.2 Å². The Balaban J connectivity index is 1.28. The van der Waals surface area contributed by atoms with E-state index in [0.29, 0.717) is 29.9 Å². The van der Waals surface area contributed by atoms with Gasteiger partial charge in [-0.15, -0.1) is 0 Å². The summed E-state index contributed by atoms with van der Waals surface area (Å²) < 4.78 is 5.37. The zero-order valence-electron chi connectivity index (χ0n) is 21.6. The number of hydrogen-bond acceptors (Lipinski definition) is 4. The number of methoxy groups -OCH3 is 1. The van der Waals surface area contributed by atoms with Crippen LogP contribution in [-0.4, -0.2) is 30.5 Å². The zero-order chi connectivity index (χ0) is 24.1. The normalized spacial score (nSPS) is 42.1. The van der Waals surface area contributed by atoms with Gasteiger partial charge >= 0.3 is 0 Å². The van der Waals surface area contributed by atoms with E-state index in [1.807, 2.05) is 12.1 Å². The van der Waals surface area contributed by atoms with Gasteiger partial charge in [0.2, 0.25) is 0 Å². The first kappa shape index (κ1) is 24.1. The molecule has 4 aliphatic carbocycles. The quantitative estimate of drug-likeness (QED) is 0.536. The smallest absolute Gasteiger partial charge is 0.0991 e. The summed E-state index contributed by atoms with van der Waals surface area (Å²) in [6.45, 7) is 7.60. The third-order valence-corrected chi connectivity index (χ3v) is 10.9. The molecule has 0 heterocycles. The molecular weight excluding hydrogens is 420 g/mol. The minimum Gasteiger partial charge on any atom is -0.387 e. The molecule has 4 saturated carbocycles. The molecule has 0 saturated heterocycles. The van der Waals surface area contributed by atoms with E-state index in [-0.39, 0.29) is 0 Å². The van der Waals surface area contributed by atoms with Crippen molar-refractivity contribution in [3.63, 3.8) is 0 Å². The third-order valence-electron chi connectivity index (χ3n) is 10.9. The molecule has 0 spiro atoms. The van der Waals surface area contributed by atoms with Gasteiger partial charge in [-0.2, -0.15) is 5.26 Å². The molecule has 9 atom stereocenters. The lowest BCUT2D eigenvalue weighted by Crippen LogP contribution is -2.52. The van der Waals surface area contributed by atoms with Crippen LogP contribution < -0.4 is 5.32 Å². The first-order chi connectivity index (χ1) is 16.3. The largest absolute Gasteiger partial charge is 0.387 e. The summed E-state index contributed by atoms with van der Waals surface area (Å²) in [5.74, 6) is 4.80. The average molecular weight is 465 g/mol. The summed E-state index contributed by atoms with van der Waals surface area (Å²) in [5.41, 5.74) is 2.92. The Bertz CT molecular complexity index is 940. The van der Waals surface area contributed by atoms with E-state index in [1.54, 1.807) is 7.11 Å². The second-order valence-electron chi connectivity index (χ2n) is 12.6. The molecule has 34 heavy (non-hydrogen) atoms. The van der Waals surface area contributed by atoms with Crippen molar-refractivity contribution < 1.29 is 9.84 Å². The fraction of sp³-hybridized carbons (Fsp3) is 0.767. The van der Waals surface area contributed by atoms with E-state index in [0.717, 1.165) is 42.1 Å². The molecule has 4 aliphatic rings. The predicted octanol–water partition coefficient (Wildman–Crippen LogP) is 6.31. The van der Waals surface area contributed by atoms with Crippen LogP contribution in [0.15, 0.2) is 18.2 Å². The van der Waals surface area contributed by atoms with Crippen LogP contribution in [0.4, 0.5) is 5.69 Å². The third kappa shape index (κ3) is 4.07. The molecule has 1 unspecified atom stereocenters. The lowest BCUT2D eigenvalue weighted by molar-refractivity contribution is -0.124. The van der Waals surface area contributed by atoms with Crippen LogP contribution in [0.2, 0.25) is 0 Å². The number of fused-ring (bicyclic) bond motifs is 5. The van der Waals surface area contributed by atoms with Crippen molar-refractivity contribution in [1.29, 1.82) is 5.26 Å². The van der Waals surface area contributed by atoms with Gasteiger partial charge in [0.25, 0.3) is 0 Å². The highest BCUT2D eigenvalue weighted by molar-refractivity contribution is 5.54. The molecule has 4 fully saturated rings. The summed E-state index contributed by atoms with van der Waals surface area (Å²) in [6, 6.07) is 8.71. The zero-order valence-corrected chi connectivity index (χ0v) is 21.6. The predicted molar refractivity (Wildman–Crippen MR) is 136 cm³/mol. The Kier molecular flexibility index (Phi) is 6.49. The molecule has 4 nitrogen and oxygen atoms in total. The van der Waals surface area contributed by atoms with E-state index >= 15 is 0 Å². The Hall–Kier alpha value is -1.57. The molecule has 4 heteroatoms. The number of aryl methyl sites for hydroxylation is 1. The fourth-order valence-corrected chi connectivity index (χ4v) is 9.47. The molecular formula is C30H44N2O2. The van der Waals surface area contributed by atoms with E-state index in [9.17, 15) is 10.4 Å². The molecule has 5 rings (SSSR count). The summed E-state index contributed by atoms with van der Waals surface area (Å²) >= 11 is 0. The van der Waals surface area contributed by atoms with Crippen molar-refractivity contribution in [2.75, 3.05) is 19.0 Å². The molecule has 1 aromatic carbocycles. The Morgan fingerprint density at radius 2 is 1.91 bits per heavy atom. The highest BCUT2D eigenvalue weighted by Gasteiger charge is 2.58. The molecule has 1 aromatic rings. The first-order valence-electron chi connectivity index (χ1n) is 13.8. The van der Waals surface area contributed by atoms with Gasteiger partial charge in [0, 0.05) is 18.8 Å². The van der Waals surface area contributed by atoms with Crippen LogP contribution in [0.3, 0.4) is 0 Å². The summed E-state index contributed by atoms with van der Waals surface area (Å²) in [6.07, 6.45) is 11.2. The number of benzene rings is 1. The molecule has 186 valence electrons. The Morgan fingerprint density at radius 3 is 2.65 bits per heavy atom. The van der Waals surface area contributed by atoms with Crippen molar-refractivity contribution in [1.82, 2.24) is 0 Å². The maximum Gasteiger partial charge on any atom is 0.0991 e. The lowest BCUT2D eigenvalue weighted by Gasteiger charge is -2.57. The van der Waals surface area contributed by atoms with Gasteiger partial charge < -0.3 is 15.2 Å². The Morgan fingerprint density at radius 1 is 1.12 bits per heavy atom. The van der Waals surface area contributed by atoms with Gasteiger partial charge in [0.05, 0.1) is 23.8 Å². The number of rotatable bonds is 5. The second-order valence-corrected chi connectivity index (χ2v) is 12.6. The van der Waals surface area contributed by atoms with Gasteiger partial charge in [-0.3, -0.25) is 0 Å². The van der Waals surface area contributed by atoms with Crippen LogP contribution in [0, 0.1) is 59.2 Å². The molecule has 0 aromatic heterocycles. The SMILES string of the molecule is COC[C@@]1(O)CC[C@H]2[C@H](CC[C@@H]3[C@@H]2CC[C@]2(C)C([C@@H](C)Nc4ccc(C#N)cc4C)CC[C@@H]32)C1. The topological polar surface area (TPSA) is 65.3 Å². The molecule has 0 amide bonds. The van der Waals surface area contributed by atoms with E-state index < -0.39 is 5.60 Å². The van der Waals surface area contributed by atoms with Crippen molar-refractivity contribution in [2.45, 2.75) is 90.2 Å². The molecule has 0 bridgehead atoms. The summed E-state index contributed by atoms with van der Waals surface area (Å²) in [4.78, 5) is 0. The number of anilines is 1. The molecule has 2 N–H and O–H groups in total. The van der Waals surface area contributed by atoms with Crippen molar-refractivity contribution >= 4 is 5.69 Å². The minimum absolute atomic E-state index is 0.423. The lowest BCUT2D eigenvalue weighted by atomic mass is 9.48. The van der Waals surface area contributed by atoms with Gasteiger partial charge in [-0.05, 0) is 136 Å². The first-order valence-corrected chi connectivity index (χ1v) is 13.8.